The van der Waals surface area contributed by atoms with Gasteiger partial charge in [-0.3, -0.25) is 4.90 Å². The molecule has 1 heterocycles. The summed E-state index contributed by atoms with van der Waals surface area (Å²) in [5, 5.41) is 3.04. The van der Waals surface area contributed by atoms with Crippen LogP contribution in [0.15, 0.2) is 42.5 Å². The molecule has 0 radical (unpaired) electrons. The van der Waals surface area contributed by atoms with Crippen molar-refractivity contribution in [3.05, 3.63) is 54.1 Å². The first-order chi connectivity index (χ1) is 12.4. The number of para-hydroxylation sites is 1. The number of amides is 2. The second kappa shape index (κ2) is 7.76. The zero-order valence-electron chi connectivity index (χ0n) is 14.4. The lowest BCUT2D eigenvalue weighted by Gasteiger charge is -2.21. The smallest absolute Gasteiger partial charge is 0.328 e. The van der Waals surface area contributed by atoms with Crippen molar-refractivity contribution in [3.8, 4) is 0 Å². The minimum Gasteiger partial charge on any atom is -0.338 e. The summed E-state index contributed by atoms with van der Waals surface area (Å²) in [5.41, 5.74) is 0.732. The van der Waals surface area contributed by atoms with E-state index in [1.807, 2.05) is 38.4 Å². The minimum atomic E-state index is -0.819. The highest BCUT2D eigenvalue weighted by Gasteiger charge is 2.21. The summed E-state index contributed by atoms with van der Waals surface area (Å²) in [4.78, 5) is 19.9. The fourth-order valence-electron chi connectivity index (χ4n) is 2.37. The molecule has 0 aliphatic rings. The number of rotatable bonds is 5. The Hall–Kier alpha value is -2.58. The van der Waals surface area contributed by atoms with Crippen molar-refractivity contribution in [1.82, 2.24) is 4.98 Å². The zero-order valence-corrected chi connectivity index (χ0v) is 15.2. The zero-order chi connectivity index (χ0) is 18.7. The number of urea groups is 1. The molecule has 3 aromatic rings. The van der Waals surface area contributed by atoms with Crippen molar-refractivity contribution >= 4 is 38.4 Å². The lowest BCUT2D eigenvalue weighted by molar-refractivity contribution is -0.856. The Balaban J connectivity index is 1.88. The van der Waals surface area contributed by atoms with E-state index in [0.717, 1.165) is 27.2 Å². The maximum absolute atomic E-state index is 13.9. The SMILES string of the molecule is C[NH+](C)CCN(C(=O)Nc1ccc(F)cc1F)c1nc2ccccc2s1. The molecule has 0 saturated heterocycles. The van der Waals surface area contributed by atoms with Gasteiger partial charge in [-0.25, -0.2) is 18.6 Å². The van der Waals surface area contributed by atoms with Crippen molar-refractivity contribution in [1.29, 1.82) is 0 Å². The second-order valence-corrected chi connectivity index (χ2v) is 7.14. The van der Waals surface area contributed by atoms with Crippen molar-refractivity contribution in [2.24, 2.45) is 0 Å². The molecule has 2 N–H and O–H groups in total. The fraction of sp³-hybridized carbons (Fsp3) is 0.222. The van der Waals surface area contributed by atoms with Gasteiger partial charge in [0, 0.05) is 6.07 Å². The maximum Gasteiger partial charge on any atom is 0.328 e. The molecule has 5 nitrogen and oxygen atoms in total. The molecule has 136 valence electrons. The van der Waals surface area contributed by atoms with Gasteiger partial charge in [0.2, 0.25) is 0 Å². The number of thiazole rings is 1. The first-order valence-electron chi connectivity index (χ1n) is 8.12. The molecule has 26 heavy (non-hydrogen) atoms. The number of nitrogens with one attached hydrogen (secondary N) is 2. The van der Waals surface area contributed by atoms with Gasteiger partial charge in [-0.05, 0) is 24.3 Å². The number of benzene rings is 2. The van der Waals surface area contributed by atoms with Gasteiger partial charge in [-0.1, -0.05) is 23.5 Å². The van der Waals surface area contributed by atoms with Gasteiger partial charge in [-0.15, -0.1) is 0 Å². The standard InChI is InChI=1S/C18H18F2N4OS/c1-23(2)9-10-24(18-22-15-5-3-4-6-16(15)26-18)17(25)21-14-8-7-12(19)11-13(14)20/h3-8,11H,9-10H2,1-2H3,(H,21,25)/p+1. The first-order valence-corrected chi connectivity index (χ1v) is 8.94. The summed E-state index contributed by atoms with van der Waals surface area (Å²) < 4.78 is 27.9. The Labute approximate surface area is 153 Å². The van der Waals surface area contributed by atoms with Crippen molar-refractivity contribution in [3.63, 3.8) is 0 Å². The molecule has 0 spiro atoms. The molecule has 1 aromatic heterocycles. The summed E-state index contributed by atoms with van der Waals surface area (Å²) in [5.74, 6) is -1.51. The fourth-order valence-corrected chi connectivity index (χ4v) is 3.36. The Kier molecular flexibility index (Phi) is 5.43. The number of anilines is 2. The average molecular weight is 377 g/mol. The number of hydrogen-bond acceptors (Lipinski definition) is 3. The molecule has 8 heteroatoms. The molecule has 2 aromatic carbocycles. The van der Waals surface area contributed by atoms with E-state index in [9.17, 15) is 13.6 Å². The number of carbonyl (C=O) groups excluding carboxylic acids is 1. The number of likely N-dealkylation sites (N-methyl/N-ethyl adjacent to an activating group) is 1. The molecule has 0 aliphatic carbocycles. The van der Waals surface area contributed by atoms with Gasteiger partial charge in [0.1, 0.15) is 11.6 Å². The van der Waals surface area contributed by atoms with Crippen LogP contribution in [0.5, 0.6) is 0 Å². The van der Waals surface area contributed by atoms with Gasteiger partial charge in [0.25, 0.3) is 0 Å². The Morgan fingerprint density at radius 1 is 1.23 bits per heavy atom. The number of halogens is 2. The van der Waals surface area contributed by atoms with E-state index in [1.54, 1.807) is 0 Å². The van der Waals surface area contributed by atoms with E-state index in [4.69, 9.17) is 0 Å². The van der Waals surface area contributed by atoms with Crippen LogP contribution in [0.1, 0.15) is 0 Å². The van der Waals surface area contributed by atoms with Crippen LogP contribution >= 0.6 is 11.3 Å². The third-order valence-corrected chi connectivity index (χ3v) is 4.83. The second-order valence-electron chi connectivity index (χ2n) is 6.13. The number of fused-ring (bicyclic) bond motifs is 1. The minimum absolute atomic E-state index is 0.0697. The van der Waals surface area contributed by atoms with E-state index >= 15 is 0 Å². The monoisotopic (exact) mass is 377 g/mol. The van der Waals surface area contributed by atoms with Crippen LogP contribution in [0.4, 0.5) is 24.4 Å². The Morgan fingerprint density at radius 2 is 2.00 bits per heavy atom. The Morgan fingerprint density at radius 3 is 2.69 bits per heavy atom. The van der Waals surface area contributed by atoms with Crippen LogP contribution in [0.3, 0.4) is 0 Å². The third-order valence-electron chi connectivity index (χ3n) is 3.77. The molecule has 0 unspecified atom stereocenters. The average Bonchev–Trinajstić information content (AvgIpc) is 3.01. The summed E-state index contributed by atoms with van der Waals surface area (Å²) in [7, 11) is 3.96. The predicted molar refractivity (Wildman–Crippen MR) is 100 cm³/mol. The highest BCUT2D eigenvalue weighted by atomic mass is 32.1. The molecule has 3 rings (SSSR count). The largest absolute Gasteiger partial charge is 0.338 e. The summed E-state index contributed by atoms with van der Waals surface area (Å²) >= 11 is 1.39. The molecule has 0 bridgehead atoms. The molecular weight excluding hydrogens is 358 g/mol. The maximum atomic E-state index is 13.9. The van der Waals surface area contributed by atoms with Crippen LogP contribution in [0.25, 0.3) is 10.2 Å². The van der Waals surface area contributed by atoms with E-state index in [-0.39, 0.29) is 5.69 Å². The highest BCUT2D eigenvalue weighted by Crippen LogP contribution is 2.29. The number of carbonyl (C=O) groups is 1. The van der Waals surface area contributed by atoms with E-state index < -0.39 is 17.7 Å². The van der Waals surface area contributed by atoms with E-state index in [1.165, 1.54) is 22.3 Å². The Bertz CT molecular complexity index is 895. The topological polar surface area (TPSA) is 49.7 Å². The van der Waals surface area contributed by atoms with Crippen LogP contribution in [-0.4, -0.2) is 38.2 Å². The van der Waals surface area contributed by atoms with Gasteiger partial charge < -0.3 is 10.2 Å². The summed E-state index contributed by atoms with van der Waals surface area (Å²) in [6.45, 7) is 1.10. The number of hydrogen-bond donors (Lipinski definition) is 2. The quantitative estimate of drug-likeness (QED) is 0.718. The van der Waals surface area contributed by atoms with Crippen molar-refractivity contribution in [2.75, 3.05) is 37.4 Å². The normalized spacial score (nSPS) is 11.1. The van der Waals surface area contributed by atoms with E-state index in [0.29, 0.717) is 18.2 Å². The van der Waals surface area contributed by atoms with Crippen LogP contribution in [0, 0.1) is 11.6 Å². The lowest BCUT2D eigenvalue weighted by atomic mass is 10.3. The summed E-state index contributed by atoms with van der Waals surface area (Å²) in [6, 6.07) is 10.1. The number of quaternary nitrogens is 1. The lowest BCUT2D eigenvalue weighted by Crippen LogP contribution is -3.06. The number of aromatic nitrogens is 1. The molecule has 0 fully saturated rings. The predicted octanol–water partition coefficient (Wildman–Crippen LogP) is 2.76. The van der Waals surface area contributed by atoms with Crippen LogP contribution in [-0.2, 0) is 0 Å². The van der Waals surface area contributed by atoms with E-state index in [2.05, 4.69) is 10.3 Å². The highest BCUT2D eigenvalue weighted by molar-refractivity contribution is 7.22. The molecule has 0 saturated carbocycles. The van der Waals surface area contributed by atoms with Gasteiger partial charge in [0.05, 0.1) is 43.1 Å². The molecule has 0 atom stereocenters. The van der Waals surface area contributed by atoms with Gasteiger partial charge in [0.15, 0.2) is 5.13 Å². The number of nitrogens with zero attached hydrogens (tertiary/aromatic N) is 2. The van der Waals surface area contributed by atoms with Crippen molar-refractivity contribution < 1.29 is 18.5 Å². The molecule has 0 aliphatic heterocycles. The first kappa shape index (κ1) is 18.2. The molecule has 2 amide bonds. The third kappa shape index (κ3) is 4.14. The van der Waals surface area contributed by atoms with Gasteiger partial charge >= 0.3 is 6.03 Å². The van der Waals surface area contributed by atoms with Crippen LogP contribution in [0.2, 0.25) is 0 Å². The van der Waals surface area contributed by atoms with Gasteiger partial charge in [-0.2, -0.15) is 0 Å². The van der Waals surface area contributed by atoms with Crippen molar-refractivity contribution in [2.45, 2.75) is 0 Å². The molecular formula is C18H19F2N4OS+. The summed E-state index contributed by atoms with van der Waals surface area (Å²) in [6.07, 6.45) is 0. The van der Waals surface area contributed by atoms with Crippen LogP contribution < -0.4 is 15.1 Å².